The third kappa shape index (κ3) is 4.15. The molecule has 1 amide bonds. The smallest absolute Gasteiger partial charge is 0.407 e. The first-order valence-electron chi connectivity index (χ1n) is 7.51. The Labute approximate surface area is 135 Å². The second kappa shape index (κ2) is 6.89. The van der Waals surface area contributed by atoms with E-state index in [1.807, 2.05) is 51.1 Å². The maximum Gasteiger partial charge on any atom is 0.407 e. The Morgan fingerprint density at radius 1 is 1.36 bits per heavy atom. The number of hydrogen-bond donors (Lipinski definition) is 2. The van der Waals surface area contributed by atoms with Crippen LogP contribution in [-0.2, 0) is 11.4 Å². The van der Waals surface area contributed by atoms with Gasteiger partial charge in [-0.05, 0) is 39.2 Å². The van der Waals surface area contributed by atoms with Gasteiger partial charge in [-0.3, -0.25) is 0 Å². The van der Waals surface area contributed by atoms with E-state index in [2.05, 4.69) is 4.72 Å². The molecule has 1 fully saturated rings. The van der Waals surface area contributed by atoms with E-state index in [0.717, 1.165) is 5.56 Å². The summed E-state index contributed by atoms with van der Waals surface area (Å²) in [5.74, 6) is 0. The Morgan fingerprint density at radius 2 is 2.00 bits per heavy atom. The van der Waals surface area contributed by atoms with Crippen LogP contribution in [0.4, 0.5) is 4.79 Å². The van der Waals surface area contributed by atoms with Crippen LogP contribution >= 0.6 is 0 Å². The molecule has 1 heterocycles. The minimum absolute atomic E-state index is 0.0564. The van der Waals surface area contributed by atoms with E-state index in [4.69, 9.17) is 0 Å². The summed E-state index contributed by atoms with van der Waals surface area (Å²) >= 11 is -1.14. The number of hydrogen-bond acceptors (Lipinski definition) is 3. The van der Waals surface area contributed by atoms with E-state index in [9.17, 15) is 14.5 Å². The van der Waals surface area contributed by atoms with Crippen molar-refractivity contribution >= 4 is 17.5 Å². The lowest BCUT2D eigenvalue weighted by Crippen LogP contribution is -2.51. The highest BCUT2D eigenvalue weighted by molar-refractivity contribution is 7.90. The maximum atomic E-state index is 12.3. The van der Waals surface area contributed by atoms with Crippen molar-refractivity contribution in [3.63, 3.8) is 0 Å². The van der Waals surface area contributed by atoms with Crippen LogP contribution < -0.4 is 4.72 Å². The Kier molecular flexibility index (Phi) is 5.36. The topological polar surface area (TPSA) is 75.6 Å². The summed E-state index contributed by atoms with van der Waals surface area (Å²) in [6.45, 7) is 6.24. The molecule has 22 heavy (non-hydrogen) atoms. The Balaban J connectivity index is 2.12. The largest absolute Gasteiger partial charge is 0.598 e. The number of likely N-dealkylation sites (tertiary alicyclic amines) is 1. The summed E-state index contributed by atoms with van der Waals surface area (Å²) < 4.78 is 15.1. The summed E-state index contributed by atoms with van der Waals surface area (Å²) in [7, 11) is 0. The van der Waals surface area contributed by atoms with Gasteiger partial charge in [0.25, 0.3) is 0 Å². The van der Waals surface area contributed by atoms with Crippen molar-refractivity contribution in [3.8, 4) is 0 Å². The first-order valence-corrected chi connectivity index (χ1v) is 8.66. The lowest BCUT2D eigenvalue weighted by molar-refractivity contribution is 0.0993. The normalized spacial score (nSPS) is 24.1. The molecule has 1 aromatic carbocycles. The highest BCUT2D eigenvalue weighted by atomic mass is 32.2. The summed E-state index contributed by atoms with van der Waals surface area (Å²) in [6, 6.07) is 9.51. The van der Waals surface area contributed by atoms with Crippen molar-refractivity contribution in [1.29, 1.82) is 0 Å². The minimum atomic E-state index is -1.14. The molecule has 0 saturated carbocycles. The zero-order chi connectivity index (χ0) is 16.3. The summed E-state index contributed by atoms with van der Waals surface area (Å²) in [5, 5.41) is 9.41. The van der Waals surface area contributed by atoms with Crippen LogP contribution in [0.2, 0.25) is 0 Å². The molecule has 0 radical (unpaired) electrons. The second-order valence-corrected chi connectivity index (χ2v) is 8.62. The number of carboxylic acid groups (broad SMARTS) is 1. The minimum Gasteiger partial charge on any atom is -0.598 e. The summed E-state index contributed by atoms with van der Waals surface area (Å²) in [4.78, 5) is 13.0. The van der Waals surface area contributed by atoms with Crippen molar-refractivity contribution < 1.29 is 14.5 Å². The highest BCUT2D eigenvalue weighted by Gasteiger charge is 2.36. The molecule has 1 aliphatic heterocycles. The van der Waals surface area contributed by atoms with Crippen LogP contribution in [0.5, 0.6) is 0 Å². The van der Waals surface area contributed by atoms with Gasteiger partial charge >= 0.3 is 6.09 Å². The fourth-order valence-electron chi connectivity index (χ4n) is 2.62. The average molecular weight is 324 g/mol. The van der Waals surface area contributed by atoms with Crippen LogP contribution in [0.1, 0.15) is 45.2 Å². The van der Waals surface area contributed by atoms with Crippen LogP contribution in [0.15, 0.2) is 30.3 Å². The second-order valence-electron chi connectivity index (χ2n) is 6.62. The monoisotopic (exact) mass is 324 g/mol. The van der Waals surface area contributed by atoms with Crippen LogP contribution in [-0.4, -0.2) is 38.0 Å². The first kappa shape index (κ1) is 17.1. The van der Waals surface area contributed by atoms with Gasteiger partial charge in [0.2, 0.25) is 0 Å². The van der Waals surface area contributed by atoms with Gasteiger partial charge in [-0.1, -0.05) is 30.3 Å². The zero-order valence-corrected chi connectivity index (χ0v) is 14.1. The quantitative estimate of drug-likeness (QED) is 0.838. The third-order valence-electron chi connectivity index (χ3n) is 3.86. The SMILES string of the molecule is CC(C)(C)[S+]([O-])NC1CCN(C(=O)O)C(c2ccccc2)C1. The number of rotatable bonds is 3. The van der Waals surface area contributed by atoms with Gasteiger partial charge in [-0.15, -0.1) is 4.72 Å². The molecule has 122 valence electrons. The van der Waals surface area contributed by atoms with Gasteiger partial charge in [0.15, 0.2) is 0 Å². The predicted molar refractivity (Wildman–Crippen MR) is 88.0 cm³/mol. The van der Waals surface area contributed by atoms with Crippen LogP contribution in [0.25, 0.3) is 0 Å². The van der Waals surface area contributed by atoms with E-state index in [0.29, 0.717) is 19.4 Å². The van der Waals surface area contributed by atoms with Crippen LogP contribution in [0, 0.1) is 0 Å². The van der Waals surface area contributed by atoms with E-state index >= 15 is 0 Å². The van der Waals surface area contributed by atoms with Gasteiger partial charge in [0, 0.05) is 17.9 Å². The van der Waals surface area contributed by atoms with Crippen LogP contribution in [0.3, 0.4) is 0 Å². The number of benzene rings is 1. The third-order valence-corrected chi connectivity index (χ3v) is 5.52. The number of piperidine rings is 1. The van der Waals surface area contributed by atoms with Gasteiger partial charge in [-0.2, -0.15) is 0 Å². The lowest BCUT2D eigenvalue weighted by atomic mass is 9.92. The first-order chi connectivity index (χ1) is 10.3. The van der Waals surface area contributed by atoms with Crippen molar-refractivity contribution in [2.75, 3.05) is 6.54 Å². The van der Waals surface area contributed by atoms with E-state index < -0.39 is 17.5 Å². The predicted octanol–water partition coefficient (Wildman–Crippen LogP) is 2.92. The Bertz CT molecular complexity index is 504. The highest BCUT2D eigenvalue weighted by Crippen LogP contribution is 2.32. The molecule has 0 bridgehead atoms. The molecule has 3 atom stereocenters. The average Bonchev–Trinajstić information content (AvgIpc) is 2.47. The molecule has 5 nitrogen and oxygen atoms in total. The molecular formula is C16H24N2O3S. The standard InChI is InChI=1S/C16H24N2O3S/c1-16(2,3)22(21)17-13-9-10-18(15(19)20)14(11-13)12-7-5-4-6-8-12/h4-8,13-14,17H,9-11H2,1-3H3,(H,19,20). The van der Waals surface area contributed by atoms with Crippen molar-refractivity contribution in [3.05, 3.63) is 35.9 Å². The van der Waals surface area contributed by atoms with E-state index in [-0.39, 0.29) is 16.8 Å². The molecular weight excluding hydrogens is 300 g/mol. The zero-order valence-electron chi connectivity index (χ0n) is 13.3. The molecule has 3 unspecified atom stereocenters. The number of nitrogens with one attached hydrogen (secondary N) is 1. The summed E-state index contributed by atoms with van der Waals surface area (Å²) in [5.41, 5.74) is 0.984. The van der Waals surface area contributed by atoms with Gasteiger partial charge in [0.1, 0.15) is 4.75 Å². The molecule has 2 N–H and O–H groups in total. The number of nitrogens with zero attached hydrogens (tertiary/aromatic N) is 1. The van der Waals surface area contributed by atoms with Gasteiger partial charge < -0.3 is 14.6 Å². The lowest BCUT2D eigenvalue weighted by Gasteiger charge is -2.39. The van der Waals surface area contributed by atoms with Gasteiger partial charge in [0.05, 0.1) is 12.1 Å². The fourth-order valence-corrected chi connectivity index (χ4v) is 3.49. The Morgan fingerprint density at radius 3 is 2.55 bits per heavy atom. The molecule has 1 aromatic rings. The fraction of sp³-hybridized carbons (Fsp3) is 0.562. The number of amides is 1. The number of carbonyl (C=O) groups is 1. The summed E-state index contributed by atoms with van der Waals surface area (Å²) in [6.07, 6.45) is 0.416. The Hall–Kier alpha value is -1.24. The molecule has 6 heteroatoms. The molecule has 0 spiro atoms. The molecule has 1 aliphatic rings. The molecule has 0 aliphatic carbocycles. The molecule has 0 aromatic heterocycles. The van der Waals surface area contributed by atoms with E-state index in [1.165, 1.54) is 4.90 Å². The van der Waals surface area contributed by atoms with Crippen molar-refractivity contribution in [2.45, 2.75) is 50.4 Å². The molecule has 2 rings (SSSR count). The maximum absolute atomic E-state index is 12.3. The van der Waals surface area contributed by atoms with Crippen molar-refractivity contribution in [1.82, 2.24) is 9.62 Å². The van der Waals surface area contributed by atoms with Gasteiger partial charge in [-0.25, -0.2) is 4.79 Å². The molecule has 1 saturated heterocycles. The van der Waals surface area contributed by atoms with Crippen molar-refractivity contribution in [2.24, 2.45) is 0 Å². The van der Waals surface area contributed by atoms with E-state index in [1.54, 1.807) is 0 Å².